The number of ether oxygens (including phenoxy) is 1. The number of aliphatic imine (C=N–C) groups is 1. The third kappa shape index (κ3) is 9.04. The van der Waals surface area contributed by atoms with Gasteiger partial charge in [-0.05, 0) is 25.5 Å². The summed E-state index contributed by atoms with van der Waals surface area (Å²) in [5, 5.41) is 9.47. The van der Waals surface area contributed by atoms with E-state index in [1.165, 1.54) is 0 Å². The Balaban J connectivity index is 0.00000480. The lowest BCUT2D eigenvalue weighted by atomic mass is 9.96. The molecule has 0 spiro atoms. The lowest BCUT2D eigenvalue weighted by Crippen LogP contribution is -2.45. The van der Waals surface area contributed by atoms with Gasteiger partial charge in [-0.3, -0.25) is 9.79 Å². The molecule has 1 fully saturated rings. The maximum Gasteiger partial charge on any atom is 0.387 e. The predicted octanol–water partition coefficient (Wildman–Crippen LogP) is 3.20. The number of nitrogens with zero attached hydrogens (tertiary/aromatic N) is 2. The first-order valence-corrected chi connectivity index (χ1v) is 10.3. The van der Waals surface area contributed by atoms with Crippen molar-refractivity contribution < 1.29 is 18.3 Å². The highest BCUT2D eigenvalue weighted by Gasteiger charge is 2.26. The maximum atomic E-state index is 12.7. The molecule has 3 N–H and O–H groups in total. The molecule has 0 radical (unpaired) electrons. The minimum absolute atomic E-state index is 0. The highest BCUT2D eigenvalue weighted by molar-refractivity contribution is 14.0. The van der Waals surface area contributed by atoms with E-state index in [1.54, 1.807) is 18.2 Å². The van der Waals surface area contributed by atoms with E-state index in [4.69, 9.17) is 0 Å². The second kappa shape index (κ2) is 12.9. The van der Waals surface area contributed by atoms with Crippen molar-refractivity contribution >= 4 is 41.5 Å². The molecule has 1 atom stereocenters. The van der Waals surface area contributed by atoms with Gasteiger partial charge in [0.1, 0.15) is 5.75 Å². The van der Waals surface area contributed by atoms with E-state index in [1.807, 2.05) is 38.7 Å². The topological polar surface area (TPSA) is 78.0 Å². The quantitative estimate of drug-likeness (QED) is 0.200. The Labute approximate surface area is 200 Å². The molecule has 1 unspecified atom stereocenters. The van der Waals surface area contributed by atoms with Gasteiger partial charge in [-0.15, -0.1) is 24.0 Å². The lowest BCUT2D eigenvalue weighted by molar-refractivity contribution is -0.128. The van der Waals surface area contributed by atoms with Crippen molar-refractivity contribution in [3.8, 4) is 5.75 Å². The zero-order valence-corrected chi connectivity index (χ0v) is 20.9. The van der Waals surface area contributed by atoms with E-state index < -0.39 is 12.0 Å². The smallest absolute Gasteiger partial charge is 0.387 e. The SMILES string of the molecule is CCNC(=NCCNC(=O)C(C)(C)C)NC1CCN(c2ccccc2OC(F)F)C1.I. The molecular formula is C21H34F2IN5O2. The fraction of sp³-hybridized carbons (Fsp3) is 0.619. The monoisotopic (exact) mass is 553 g/mol. The molecule has 2 rings (SSSR count). The fourth-order valence-electron chi connectivity index (χ4n) is 3.13. The second-order valence-electron chi connectivity index (χ2n) is 8.19. The normalized spacial score (nSPS) is 16.7. The molecule has 0 aromatic heterocycles. The highest BCUT2D eigenvalue weighted by Crippen LogP contribution is 2.31. The van der Waals surface area contributed by atoms with E-state index in [0.29, 0.717) is 37.8 Å². The zero-order chi connectivity index (χ0) is 22.1. The van der Waals surface area contributed by atoms with Gasteiger partial charge < -0.3 is 25.6 Å². The summed E-state index contributed by atoms with van der Waals surface area (Å²) in [6, 6.07) is 6.95. The number of rotatable bonds is 8. The summed E-state index contributed by atoms with van der Waals surface area (Å²) in [5.41, 5.74) is 0.235. The van der Waals surface area contributed by atoms with Gasteiger partial charge in [-0.2, -0.15) is 8.78 Å². The van der Waals surface area contributed by atoms with Crippen LogP contribution in [0.1, 0.15) is 34.1 Å². The van der Waals surface area contributed by atoms with Crippen molar-refractivity contribution in [2.24, 2.45) is 10.4 Å². The van der Waals surface area contributed by atoms with Crippen LogP contribution in [0, 0.1) is 5.41 Å². The van der Waals surface area contributed by atoms with E-state index in [0.717, 1.165) is 13.0 Å². The van der Waals surface area contributed by atoms with Crippen LogP contribution in [0.15, 0.2) is 29.3 Å². The Morgan fingerprint density at radius 3 is 2.65 bits per heavy atom. The molecule has 176 valence electrons. The molecule has 31 heavy (non-hydrogen) atoms. The van der Waals surface area contributed by atoms with Crippen molar-refractivity contribution in [2.45, 2.75) is 46.8 Å². The van der Waals surface area contributed by atoms with Crippen LogP contribution < -0.4 is 25.6 Å². The largest absolute Gasteiger partial charge is 0.433 e. The first-order chi connectivity index (χ1) is 14.2. The molecule has 0 bridgehead atoms. The summed E-state index contributed by atoms with van der Waals surface area (Å²) in [7, 11) is 0. The third-order valence-electron chi connectivity index (χ3n) is 4.64. The summed E-state index contributed by atoms with van der Waals surface area (Å²) in [6.07, 6.45) is 0.841. The second-order valence-corrected chi connectivity index (χ2v) is 8.19. The van der Waals surface area contributed by atoms with Crippen LogP contribution >= 0.6 is 24.0 Å². The molecule has 1 aromatic carbocycles. The number of amides is 1. The van der Waals surface area contributed by atoms with Crippen LogP contribution in [0.5, 0.6) is 5.75 Å². The minimum Gasteiger partial charge on any atom is -0.433 e. The van der Waals surface area contributed by atoms with Gasteiger partial charge in [0, 0.05) is 37.6 Å². The first-order valence-electron chi connectivity index (χ1n) is 10.3. The summed E-state index contributed by atoms with van der Waals surface area (Å²) in [4.78, 5) is 18.5. The van der Waals surface area contributed by atoms with Crippen LogP contribution in [0.4, 0.5) is 14.5 Å². The Morgan fingerprint density at radius 1 is 1.29 bits per heavy atom. The van der Waals surface area contributed by atoms with Gasteiger partial charge in [0.05, 0.1) is 12.2 Å². The van der Waals surface area contributed by atoms with Crippen molar-refractivity contribution in [2.75, 3.05) is 37.6 Å². The van der Waals surface area contributed by atoms with Crippen LogP contribution in [-0.4, -0.2) is 57.2 Å². The molecule has 10 heteroatoms. The number of hydrogen-bond donors (Lipinski definition) is 3. The molecule has 0 saturated carbocycles. The van der Waals surface area contributed by atoms with Gasteiger partial charge in [0.2, 0.25) is 5.91 Å². The summed E-state index contributed by atoms with van der Waals surface area (Å²) >= 11 is 0. The molecule has 1 aliphatic heterocycles. The summed E-state index contributed by atoms with van der Waals surface area (Å²) in [5.74, 6) is 0.849. The Kier molecular flexibility index (Phi) is 11.3. The molecule has 1 amide bonds. The number of nitrogens with one attached hydrogen (secondary N) is 3. The van der Waals surface area contributed by atoms with Crippen LogP contribution in [-0.2, 0) is 4.79 Å². The first kappa shape index (κ1) is 27.2. The van der Waals surface area contributed by atoms with Crippen molar-refractivity contribution in [3.05, 3.63) is 24.3 Å². The van der Waals surface area contributed by atoms with E-state index in [9.17, 15) is 13.6 Å². The van der Waals surface area contributed by atoms with Crippen molar-refractivity contribution in [1.29, 1.82) is 0 Å². The van der Waals surface area contributed by atoms with Crippen LogP contribution in [0.3, 0.4) is 0 Å². The van der Waals surface area contributed by atoms with Gasteiger partial charge in [0.25, 0.3) is 0 Å². The van der Waals surface area contributed by atoms with Crippen LogP contribution in [0.25, 0.3) is 0 Å². The number of anilines is 1. The van der Waals surface area contributed by atoms with Crippen LogP contribution in [0.2, 0.25) is 0 Å². The molecule has 1 aliphatic rings. The number of carbonyl (C=O) groups excluding carboxylic acids is 1. The van der Waals surface area contributed by atoms with Gasteiger partial charge in [-0.1, -0.05) is 32.9 Å². The van der Waals surface area contributed by atoms with Gasteiger partial charge in [-0.25, -0.2) is 0 Å². The molecule has 7 nitrogen and oxygen atoms in total. The maximum absolute atomic E-state index is 12.7. The van der Waals surface area contributed by atoms with E-state index in [2.05, 4.69) is 25.7 Å². The number of carbonyl (C=O) groups is 1. The number of hydrogen-bond acceptors (Lipinski definition) is 4. The Morgan fingerprint density at radius 2 is 2.00 bits per heavy atom. The number of benzene rings is 1. The van der Waals surface area contributed by atoms with E-state index >= 15 is 0 Å². The standard InChI is InChI=1S/C21H33F2N5O2.HI/c1-5-24-20(26-12-11-25-18(29)21(2,3)4)27-15-10-13-28(14-15)16-8-6-7-9-17(16)30-19(22)23;/h6-9,15,19H,5,10-14H2,1-4H3,(H,25,29)(H2,24,26,27);1H. The highest BCUT2D eigenvalue weighted by atomic mass is 127. The number of guanidine groups is 1. The Bertz CT molecular complexity index is 728. The van der Waals surface area contributed by atoms with Crippen molar-refractivity contribution in [1.82, 2.24) is 16.0 Å². The zero-order valence-electron chi connectivity index (χ0n) is 18.6. The molecule has 1 heterocycles. The number of alkyl halides is 2. The average molecular weight is 553 g/mol. The predicted molar refractivity (Wildman–Crippen MR) is 131 cm³/mol. The number of para-hydroxylation sites is 2. The summed E-state index contributed by atoms with van der Waals surface area (Å²) in [6.45, 7) is 7.74. The number of halogens is 3. The van der Waals surface area contributed by atoms with Gasteiger partial charge in [0.15, 0.2) is 5.96 Å². The fourth-order valence-corrected chi connectivity index (χ4v) is 3.13. The van der Waals surface area contributed by atoms with E-state index in [-0.39, 0.29) is 41.7 Å². The average Bonchev–Trinajstić information content (AvgIpc) is 3.12. The van der Waals surface area contributed by atoms with Gasteiger partial charge >= 0.3 is 6.61 Å². The summed E-state index contributed by atoms with van der Waals surface area (Å²) < 4.78 is 30.0. The third-order valence-corrected chi connectivity index (χ3v) is 4.64. The molecule has 0 aliphatic carbocycles. The minimum atomic E-state index is -2.85. The molecule has 1 saturated heterocycles. The molecule has 1 aromatic rings. The lowest BCUT2D eigenvalue weighted by Gasteiger charge is -2.22. The Hall–Kier alpha value is -1.85. The van der Waals surface area contributed by atoms with Crippen molar-refractivity contribution in [3.63, 3.8) is 0 Å². The molecular weight excluding hydrogens is 519 g/mol.